The van der Waals surface area contributed by atoms with Gasteiger partial charge >= 0.3 is 6.09 Å². The van der Waals surface area contributed by atoms with Gasteiger partial charge < -0.3 is 4.74 Å². The predicted molar refractivity (Wildman–Crippen MR) is 69.0 cm³/mol. The summed E-state index contributed by atoms with van der Waals surface area (Å²) in [5, 5.41) is 0. The molecule has 0 aromatic carbocycles. The number of nitrogens with zero attached hydrogens (tertiary/aromatic N) is 1. The Kier molecular flexibility index (Phi) is 4.77. The molecule has 4 nitrogen and oxygen atoms in total. The minimum absolute atomic E-state index is 0.0382. The van der Waals surface area contributed by atoms with Crippen molar-refractivity contribution in [2.45, 2.75) is 58.1 Å². The first-order valence-electron chi connectivity index (χ1n) is 6.31. The molecule has 0 bridgehead atoms. The van der Waals surface area contributed by atoms with Gasteiger partial charge in [-0.1, -0.05) is 0 Å². The third-order valence-corrected chi connectivity index (χ3v) is 2.77. The standard InChI is InChI=1S/C14H21NO3/c1-5-6-9-12(16)11-8-7-10-15(11)13(17)18-14(2,3)4/h1,11H,6-10H2,2-4H3/t11-/m0/s1. The third kappa shape index (κ3) is 4.06. The Morgan fingerprint density at radius 3 is 2.67 bits per heavy atom. The van der Waals surface area contributed by atoms with Gasteiger partial charge in [0.25, 0.3) is 0 Å². The second-order valence-corrected chi connectivity index (χ2v) is 5.50. The van der Waals surface area contributed by atoms with E-state index >= 15 is 0 Å². The van der Waals surface area contributed by atoms with Gasteiger partial charge in [0.1, 0.15) is 5.60 Å². The zero-order valence-electron chi connectivity index (χ0n) is 11.4. The molecule has 1 aliphatic heterocycles. The average Bonchev–Trinajstić information content (AvgIpc) is 2.72. The zero-order valence-corrected chi connectivity index (χ0v) is 11.4. The summed E-state index contributed by atoms with van der Waals surface area (Å²) in [6.45, 7) is 6.03. The maximum atomic E-state index is 12.0. The van der Waals surface area contributed by atoms with Gasteiger partial charge in [-0.05, 0) is 33.6 Å². The van der Waals surface area contributed by atoms with Crippen LogP contribution in [0.2, 0.25) is 0 Å². The first-order chi connectivity index (χ1) is 8.35. The van der Waals surface area contributed by atoms with E-state index in [0.29, 0.717) is 25.8 Å². The molecule has 0 aromatic heterocycles. The molecule has 1 aliphatic rings. The van der Waals surface area contributed by atoms with Crippen LogP contribution < -0.4 is 0 Å². The normalized spacial score (nSPS) is 19.4. The van der Waals surface area contributed by atoms with Crippen LogP contribution in [-0.2, 0) is 9.53 Å². The molecule has 1 heterocycles. The molecular weight excluding hydrogens is 230 g/mol. The third-order valence-electron chi connectivity index (χ3n) is 2.77. The molecule has 0 N–H and O–H groups in total. The Morgan fingerprint density at radius 1 is 1.44 bits per heavy atom. The number of terminal acetylenes is 1. The van der Waals surface area contributed by atoms with E-state index in [9.17, 15) is 9.59 Å². The number of carbonyl (C=O) groups is 2. The Labute approximate surface area is 109 Å². The van der Waals surface area contributed by atoms with Crippen LogP contribution in [0.15, 0.2) is 0 Å². The molecular formula is C14H21NO3. The van der Waals surface area contributed by atoms with Gasteiger partial charge in [0.2, 0.25) is 0 Å². The average molecular weight is 251 g/mol. The molecule has 0 aromatic rings. The first kappa shape index (κ1) is 14.6. The Morgan fingerprint density at radius 2 is 2.11 bits per heavy atom. The fraction of sp³-hybridized carbons (Fsp3) is 0.714. The van der Waals surface area contributed by atoms with E-state index < -0.39 is 11.7 Å². The number of rotatable bonds is 3. The summed E-state index contributed by atoms with van der Waals surface area (Å²) < 4.78 is 5.30. The van der Waals surface area contributed by atoms with E-state index in [1.165, 1.54) is 4.90 Å². The van der Waals surface area contributed by atoms with Crippen LogP contribution in [0.5, 0.6) is 0 Å². The molecule has 18 heavy (non-hydrogen) atoms. The summed E-state index contributed by atoms with van der Waals surface area (Å²) >= 11 is 0. The Hall–Kier alpha value is -1.50. The SMILES string of the molecule is C#CCCC(=O)[C@@H]1CCCN1C(=O)OC(C)(C)C. The van der Waals surface area contributed by atoms with E-state index in [-0.39, 0.29) is 11.8 Å². The number of likely N-dealkylation sites (tertiary alicyclic amines) is 1. The molecule has 0 spiro atoms. The molecule has 1 fully saturated rings. The summed E-state index contributed by atoms with van der Waals surface area (Å²) in [5.74, 6) is 2.49. The van der Waals surface area contributed by atoms with Gasteiger partial charge in [0.15, 0.2) is 5.78 Å². The van der Waals surface area contributed by atoms with Crippen LogP contribution in [0.25, 0.3) is 0 Å². The van der Waals surface area contributed by atoms with E-state index in [1.807, 2.05) is 20.8 Å². The van der Waals surface area contributed by atoms with Crippen molar-refractivity contribution in [1.82, 2.24) is 4.90 Å². The van der Waals surface area contributed by atoms with E-state index in [2.05, 4.69) is 5.92 Å². The molecule has 1 amide bonds. The number of ketones is 1. The van der Waals surface area contributed by atoms with Crippen molar-refractivity contribution in [3.05, 3.63) is 0 Å². The minimum atomic E-state index is -0.536. The van der Waals surface area contributed by atoms with Crippen LogP contribution in [0.4, 0.5) is 4.79 Å². The van der Waals surface area contributed by atoms with Crippen molar-refractivity contribution < 1.29 is 14.3 Å². The van der Waals surface area contributed by atoms with Crippen LogP contribution in [0, 0.1) is 12.3 Å². The number of ether oxygens (including phenoxy) is 1. The van der Waals surface area contributed by atoms with Gasteiger partial charge in [0.05, 0.1) is 6.04 Å². The van der Waals surface area contributed by atoms with E-state index in [0.717, 1.165) is 6.42 Å². The van der Waals surface area contributed by atoms with E-state index in [4.69, 9.17) is 11.2 Å². The molecule has 0 aliphatic carbocycles. The van der Waals surface area contributed by atoms with E-state index in [1.54, 1.807) is 0 Å². The van der Waals surface area contributed by atoms with Gasteiger partial charge in [0, 0.05) is 19.4 Å². The van der Waals surface area contributed by atoms with Crippen molar-refractivity contribution in [1.29, 1.82) is 0 Å². The second kappa shape index (κ2) is 5.90. The lowest BCUT2D eigenvalue weighted by atomic mass is 10.1. The molecule has 1 atom stereocenters. The number of hydrogen-bond donors (Lipinski definition) is 0. The molecule has 1 rings (SSSR count). The van der Waals surface area contributed by atoms with Gasteiger partial charge in [-0.25, -0.2) is 4.79 Å². The maximum Gasteiger partial charge on any atom is 0.410 e. The topological polar surface area (TPSA) is 46.6 Å². The largest absolute Gasteiger partial charge is 0.444 e. The summed E-state index contributed by atoms with van der Waals surface area (Å²) in [5.41, 5.74) is -0.536. The zero-order chi connectivity index (χ0) is 13.8. The summed E-state index contributed by atoms with van der Waals surface area (Å²) in [6.07, 6.45) is 7.05. The fourth-order valence-corrected chi connectivity index (χ4v) is 2.00. The van der Waals surface area contributed by atoms with Gasteiger partial charge in [-0.2, -0.15) is 0 Å². The van der Waals surface area contributed by atoms with Crippen LogP contribution in [0.1, 0.15) is 46.5 Å². The predicted octanol–water partition coefficient (Wildman–Crippen LogP) is 2.37. The second-order valence-electron chi connectivity index (χ2n) is 5.50. The Bertz CT molecular complexity index is 362. The van der Waals surface area contributed by atoms with Crippen molar-refractivity contribution in [2.24, 2.45) is 0 Å². The number of Topliss-reactive ketones (excluding diaryl/α,β-unsaturated/α-hetero) is 1. The lowest BCUT2D eigenvalue weighted by molar-refractivity contribution is -0.123. The molecule has 4 heteroatoms. The van der Waals surface area contributed by atoms with Crippen molar-refractivity contribution in [2.75, 3.05) is 6.54 Å². The summed E-state index contributed by atoms with van der Waals surface area (Å²) in [7, 11) is 0. The lowest BCUT2D eigenvalue weighted by Gasteiger charge is -2.27. The monoisotopic (exact) mass is 251 g/mol. The molecule has 0 unspecified atom stereocenters. The highest BCUT2D eigenvalue weighted by atomic mass is 16.6. The molecule has 0 saturated carbocycles. The quantitative estimate of drug-likeness (QED) is 0.723. The maximum absolute atomic E-state index is 12.0. The Balaban J connectivity index is 2.62. The smallest absolute Gasteiger partial charge is 0.410 e. The fourth-order valence-electron chi connectivity index (χ4n) is 2.00. The number of hydrogen-bond acceptors (Lipinski definition) is 3. The van der Waals surface area contributed by atoms with Crippen LogP contribution in [-0.4, -0.2) is 35.0 Å². The highest BCUT2D eigenvalue weighted by Crippen LogP contribution is 2.22. The highest BCUT2D eigenvalue weighted by molar-refractivity contribution is 5.88. The molecule has 100 valence electrons. The summed E-state index contributed by atoms with van der Waals surface area (Å²) in [4.78, 5) is 25.4. The molecule has 1 saturated heterocycles. The van der Waals surface area contributed by atoms with Crippen molar-refractivity contribution in [3.8, 4) is 12.3 Å². The van der Waals surface area contributed by atoms with Crippen LogP contribution in [0.3, 0.4) is 0 Å². The van der Waals surface area contributed by atoms with Crippen molar-refractivity contribution in [3.63, 3.8) is 0 Å². The van der Waals surface area contributed by atoms with Gasteiger partial charge in [-0.15, -0.1) is 12.3 Å². The van der Waals surface area contributed by atoms with Gasteiger partial charge in [-0.3, -0.25) is 9.69 Å². The van der Waals surface area contributed by atoms with Crippen LogP contribution >= 0.6 is 0 Å². The lowest BCUT2D eigenvalue weighted by Crippen LogP contribution is -2.43. The number of carbonyl (C=O) groups excluding carboxylic acids is 2. The first-order valence-corrected chi connectivity index (χ1v) is 6.31. The minimum Gasteiger partial charge on any atom is -0.444 e. The number of amides is 1. The molecule has 0 radical (unpaired) electrons. The van der Waals surface area contributed by atoms with Crippen molar-refractivity contribution >= 4 is 11.9 Å². The highest BCUT2D eigenvalue weighted by Gasteiger charge is 2.35. The summed E-state index contributed by atoms with van der Waals surface area (Å²) in [6, 6.07) is -0.354.